The van der Waals surface area contributed by atoms with Gasteiger partial charge in [-0.05, 0) is 30.3 Å². The number of sulfonamides is 1. The summed E-state index contributed by atoms with van der Waals surface area (Å²) in [6, 6.07) is 9.37. The molecule has 20 heavy (non-hydrogen) atoms. The standard InChI is InChI=1S/C13H11ClN2O3S/c1-16(9-11-3-2-6-19-11)20(17,18)13-7-10(8-15)4-5-12(13)14/h2-7H,9H2,1H3. The van der Waals surface area contributed by atoms with Crippen LogP contribution in [0, 0.1) is 11.3 Å². The first-order valence-corrected chi connectivity index (χ1v) is 7.45. The molecular formula is C13H11ClN2O3S. The van der Waals surface area contributed by atoms with Crippen molar-refractivity contribution < 1.29 is 12.8 Å². The fraction of sp³-hybridized carbons (Fsp3) is 0.154. The molecule has 0 aliphatic rings. The lowest BCUT2D eigenvalue weighted by molar-refractivity contribution is 0.406. The molecule has 0 saturated heterocycles. The maximum absolute atomic E-state index is 12.4. The predicted molar refractivity (Wildman–Crippen MR) is 73.5 cm³/mol. The molecule has 0 spiro atoms. The number of hydrogen-bond donors (Lipinski definition) is 0. The Kier molecular flexibility index (Phi) is 4.14. The number of nitrogens with zero attached hydrogens (tertiary/aromatic N) is 2. The zero-order valence-electron chi connectivity index (χ0n) is 10.6. The Morgan fingerprint density at radius 1 is 1.40 bits per heavy atom. The van der Waals surface area contributed by atoms with E-state index < -0.39 is 10.0 Å². The van der Waals surface area contributed by atoms with Crippen LogP contribution in [0.15, 0.2) is 45.9 Å². The summed E-state index contributed by atoms with van der Waals surface area (Å²) >= 11 is 5.92. The van der Waals surface area contributed by atoms with Crippen molar-refractivity contribution in [1.82, 2.24) is 4.31 Å². The molecule has 0 atom stereocenters. The molecule has 0 bridgehead atoms. The van der Waals surface area contributed by atoms with Gasteiger partial charge in [-0.3, -0.25) is 0 Å². The minimum Gasteiger partial charge on any atom is -0.468 e. The number of rotatable bonds is 4. The molecule has 1 aromatic heterocycles. The second kappa shape index (κ2) is 5.67. The molecule has 2 aromatic rings. The van der Waals surface area contributed by atoms with Crippen LogP contribution in [0.3, 0.4) is 0 Å². The van der Waals surface area contributed by atoms with Crippen LogP contribution in [0.4, 0.5) is 0 Å². The van der Waals surface area contributed by atoms with Gasteiger partial charge in [-0.2, -0.15) is 9.57 Å². The average Bonchev–Trinajstić information content (AvgIpc) is 2.92. The van der Waals surface area contributed by atoms with Crippen LogP contribution in [-0.2, 0) is 16.6 Å². The van der Waals surface area contributed by atoms with Crippen LogP contribution in [-0.4, -0.2) is 19.8 Å². The van der Waals surface area contributed by atoms with Gasteiger partial charge in [0.15, 0.2) is 0 Å². The minimum atomic E-state index is -3.79. The topological polar surface area (TPSA) is 74.3 Å². The Hall–Kier alpha value is -1.81. The maximum atomic E-state index is 12.4. The van der Waals surface area contributed by atoms with Crippen molar-refractivity contribution in [2.75, 3.05) is 7.05 Å². The summed E-state index contributed by atoms with van der Waals surface area (Å²) in [4.78, 5) is -0.0905. The summed E-state index contributed by atoms with van der Waals surface area (Å²) in [6.45, 7) is 0.0858. The highest BCUT2D eigenvalue weighted by Crippen LogP contribution is 2.26. The van der Waals surface area contributed by atoms with E-state index in [1.54, 1.807) is 12.1 Å². The summed E-state index contributed by atoms with van der Waals surface area (Å²) in [7, 11) is -2.36. The smallest absolute Gasteiger partial charge is 0.244 e. The first-order chi connectivity index (χ1) is 9.45. The van der Waals surface area contributed by atoms with Gasteiger partial charge < -0.3 is 4.42 Å². The van der Waals surface area contributed by atoms with Gasteiger partial charge in [0, 0.05) is 7.05 Å². The van der Waals surface area contributed by atoms with Crippen LogP contribution in [0.2, 0.25) is 5.02 Å². The molecule has 0 amide bonds. The third-order valence-electron chi connectivity index (χ3n) is 2.71. The van der Waals surface area contributed by atoms with Crippen molar-refractivity contribution in [2.24, 2.45) is 0 Å². The number of benzene rings is 1. The molecule has 0 radical (unpaired) electrons. The fourth-order valence-electron chi connectivity index (χ4n) is 1.65. The van der Waals surface area contributed by atoms with Gasteiger partial charge in [0.25, 0.3) is 0 Å². The van der Waals surface area contributed by atoms with Crippen molar-refractivity contribution >= 4 is 21.6 Å². The van der Waals surface area contributed by atoms with Gasteiger partial charge in [-0.15, -0.1) is 0 Å². The first kappa shape index (κ1) is 14.6. The Labute approximate surface area is 122 Å². The zero-order valence-corrected chi connectivity index (χ0v) is 12.1. The largest absolute Gasteiger partial charge is 0.468 e. The van der Waals surface area contributed by atoms with Crippen molar-refractivity contribution in [1.29, 1.82) is 5.26 Å². The van der Waals surface area contributed by atoms with E-state index in [1.165, 1.54) is 31.5 Å². The number of halogens is 1. The SMILES string of the molecule is CN(Cc1ccco1)S(=O)(=O)c1cc(C#N)ccc1Cl. The van der Waals surface area contributed by atoms with E-state index in [-0.39, 0.29) is 22.0 Å². The monoisotopic (exact) mass is 310 g/mol. The molecule has 104 valence electrons. The van der Waals surface area contributed by atoms with E-state index >= 15 is 0 Å². The number of nitriles is 1. The van der Waals surface area contributed by atoms with E-state index in [2.05, 4.69) is 0 Å². The molecule has 2 rings (SSSR count). The van der Waals surface area contributed by atoms with Crippen molar-refractivity contribution in [2.45, 2.75) is 11.4 Å². The molecule has 1 aromatic carbocycles. The van der Waals surface area contributed by atoms with Gasteiger partial charge in [0.05, 0.1) is 29.5 Å². The van der Waals surface area contributed by atoms with Crippen molar-refractivity contribution in [3.8, 4) is 6.07 Å². The molecule has 0 unspecified atom stereocenters. The Bertz CT molecular complexity index is 748. The van der Waals surface area contributed by atoms with Crippen LogP contribution in [0.25, 0.3) is 0 Å². The molecule has 5 nitrogen and oxygen atoms in total. The summed E-state index contributed by atoms with van der Waals surface area (Å²) in [5.74, 6) is 0.517. The second-order valence-electron chi connectivity index (χ2n) is 4.10. The van der Waals surface area contributed by atoms with Crippen LogP contribution < -0.4 is 0 Å². The minimum absolute atomic E-state index is 0.0790. The average molecular weight is 311 g/mol. The lowest BCUT2D eigenvalue weighted by atomic mass is 10.2. The normalized spacial score (nSPS) is 11.5. The quantitative estimate of drug-likeness (QED) is 0.870. The molecular weight excluding hydrogens is 300 g/mol. The summed E-state index contributed by atoms with van der Waals surface area (Å²) in [5, 5.41) is 8.93. The fourth-order valence-corrected chi connectivity index (χ4v) is 3.28. The lowest BCUT2D eigenvalue weighted by Crippen LogP contribution is -2.26. The van der Waals surface area contributed by atoms with Crippen LogP contribution in [0.5, 0.6) is 0 Å². The third kappa shape index (κ3) is 2.85. The Balaban J connectivity index is 2.37. The van der Waals surface area contributed by atoms with E-state index in [1.807, 2.05) is 6.07 Å². The maximum Gasteiger partial charge on any atom is 0.244 e. The summed E-state index contributed by atoms with van der Waals surface area (Å²) in [5.41, 5.74) is 0.236. The highest BCUT2D eigenvalue weighted by molar-refractivity contribution is 7.89. The third-order valence-corrected chi connectivity index (χ3v) is 4.99. The van der Waals surface area contributed by atoms with E-state index in [4.69, 9.17) is 21.3 Å². The van der Waals surface area contributed by atoms with Crippen molar-refractivity contribution in [3.63, 3.8) is 0 Å². The highest BCUT2D eigenvalue weighted by atomic mass is 35.5. The molecule has 7 heteroatoms. The predicted octanol–water partition coefficient (Wildman–Crippen LogP) is 2.63. The molecule has 0 N–H and O–H groups in total. The molecule has 0 saturated carbocycles. The lowest BCUT2D eigenvalue weighted by Gasteiger charge is -2.16. The molecule has 0 aliphatic heterocycles. The van der Waals surface area contributed by atoms with E-state index in [0.717, 1.165) is 4.31 Å². The summed E-state index contributed by atoms with van der Waals surface area (Å²) < 4.78 is 31.1. The van der Waals surface area contributed by atoms with Gasteiger partial charge >= 0.3 is 0 Å². The van der Waals surface area contributed by atoms with Gasteiger partial charge in [0.1, 0.15) is 10.7 Å². The zero-order chi connectivity index (χ0) is 14.8. The second-order valence-corrected chi connectivity index (χ2v) is 6.52. The first-order valence-electron chi connectivity index (χ1n) is 5.63. The van der Waals surface area contributed by atoms with Gasteiger partial charge in [0.2, 0.25) is 10.0 Å². The highest BCUT2D eigenvalue weighted by Gasteiger charge is 2.24. The molecule has 0 aliphatic carbocycles. The Morgan fingerprint density at radius 2 is 2.15 bits per heavy atom. The number of furan rings is 1. The van der Waals surface area contributed by atoms with Crippen LogP contribution in [0.1, 0.15) is 11.3 Å². The van der Waals surface area contributed by atoms with Gasteiger partial charge in [-0.1, -0.05) is 11.6 Å². The number of hydrogen-bond acceptors (Lipinski definition) is 4. The summed E-state index contributed by atoms with van der Waals surface area (Å²) in [6.07, 6.45) is 1.47. The van der Waals surface area contributed by atoms with Crippen LogP contribution >= 0.6 is 11.6 Å². The van der Waals surface area contributed by atoms with Gasteiger partial charge in [-0.25, -0.2) is 8.42 Å². The Morgan fingerprint density at radius 3 is 2.75 bits per heavy atom. The molecule has 0 fully saturated rings. The van der Waals surface area contributed by atoms with E-state index in [0.29, 0.717) is 5.76 Å². The molecule has 1 heterocycles. The van der Waals surface area contributed by atoms with E-state index in [9.17, 15) is 8.42 Å². The van der Waals surface area contributed by atoms with Crippen molar-refractivity contribution in [3.05, 3.63) is 52.9 Å².